The highest BCUT2D eigenvalue weighted by molar-refractivity contribution is 5.95. The standard InChI is InChI=1S/C17H20N4O4/c22-14-3-1-2-12(8-14)10-19-17(23)13-4-5-15(16(9-13)21(24)25)20-7-6-18-11-20/h4-7,9,11-12,14,22H,1-3,8,10H2,(H,19,23). The maximum absolute atomic E-state index is 12.3. The van der Waals surface area contributed by atoms with Gasteiger partial charge in [-0.25, -0.2) is 4.98 Å². The minimum absolute atomic E-state index is 0.154. The van der Waals surface area contributed by atoms with E-state index in [0.29, 0.717) is 18.7 Å². The summed E-state index contributed by atoms with van der Waals surface area (Å²) >= 11 is 0. The third-order valence-corrected chi connectivity index (χ3v) is 4.52. The molecule has 0 bridgehead atoms. The van der Waals surface area contributed by atoms with Gasteiger partial charge in [0.05, 0.1) is 17.4 Å². The molecule has 1 aromatic heterocycles. The van der Waals surface area contributed by atoms with Crippen LogP contribution in [0.1, 0.15) is 36.0 Å². The summed E-state index contributed by atoms with van der Waals surface area (Å²) in [5, 5.41) is 23.8. The second-order valence-electron chi connectivity index (χ2n) is 6.33. The van der Waals surface area contributed by atoms with Gasteiger partial charge in [-0.3, -0.25) is 14.9 Å². The highest BCUT2D eigenvalue weighted by atomic mass is 16.6. The minimum atomic E-state index is -0.510. The number of nitro benzene ring substituents is 1. The van der Waals surface area contributed by atoms with E-state index in [-0.39, 0.29) is 29.2 Å². The van der Waals surface area contributed by atoms with Crippen LogP contribution in [0.25, 0.3) is 5.69 Å². The molecule has 0 spiro atoms. The summed E-state index contributed by atoms with van der Waals surface area (Å²) in [5.74, 6) is -0.103. The van der Waals surface area contributed by atoms with Crippen molar-refractivity contribution in [2.75, 3.05) is 6.54 Å². The van der Waals surface area contributed by atoms with Gasteiger partial charge in [-0.15, -0.1) is 0 Å². The number of aliphatic hydroxyl groups is 1. The Balaban J connectivity index is 1.72. The number of rotatable bonds is 5. The fraction of sp³-hybridized carbons (Fsp3) is 0.412. The van der Waals surface area contributed by atoms with Gasteiger partial charge >= 0.3 is 0 Å². The number of carbonyl (C=O) groups is 1. The zero-order valence-electron chi connectivity index (χ0n) is 13.7. The predicted octanol–water partition coefficient (Wildman–Crippen LogP) is 2.06. The first-order valence-electron chi connectivity index (χ1n) is 8.27. The Labute approximate surface area is 144 Å². The molecule has 0 aliphatic heterocycles. The lowest BCUT2D eigenvalue weighted by Gasteiger charge is -2.25. The molecule has 1 heterocycles. The van der Waals surface area contributed by atoms with Crippen molar-refractivity contribution in [3.05, 3.63) is 52.6 Å². The summed E-state index contributed by atoms with van der Waals surface area (Å²) in [7, 11) is 0. The van der Waals surface area contributed by atoms with Crippen LogP contribution in [0.2, 0.25) is 0 Å². The Bertz CT molecular complexity index is 760. The van der Waals surface area contributed by atoms with Crippen molar-refractivity contribution in [1.82, 2.24) is 14.9 Å². The molecule has 1 fully saturated rings. The molecule has 2 aromatic rings. The van der Waals surface area contributed by atoms with Gasteiger partial charge in [0, 0.05) is 30.6 Å². The quantitative estimate of drug-likeness (QED) is 0.637. The van der Waals surface area contributed by atoms with Crippen LogP contribution < -0.4 is 5.32 Å². The van der Waals surface area contributed by atoms with Gasteiger partial charge in [-0.05, 0) is 37.3 Å². The first kappa shape index (κ1) is 17.1. The Kier molecular flexibility index (Phi) is 5.08. The van der Waals surface area contributed by atoms with Gasteiger partial charge in [0.1, 0.15) is 5.69 Å². The summed E-state index contributed by atoms with van der Waals surface area (Å²) in [6.45, 7) is 0.465. The average molecular weight is 344 g/mol. The van der Waals surface area contributed by atoms with E-state index in [2.05, 4.69) is 10.3 Å². The number of aromatic nitrogens is 2. The van der Waals surface area contributed by atoms with Gasteiger partial charge in [0.15, 0.2) is 0 Å². The number of nitro groups is 1. The lowest BCUT2D eigenvalue weighted by atomic mass is 9.87. The van der Waals surface area contributed by atoms with Crippen LogP contribution in [0, 0.1) is 16.0 Å². The van der Waals surface area contributed by atoms with Crippen LogP contribution in [0.15, 0.2) is 36.9 Å². The van der Waals surface area contributed by atoms with Crippen molar-refractivity contribution in [2.24, 2.45) is 5.92 Å². The Morgan fingerprint density at radius 3 is 2.96 bits per heavy atom. The van der Waals surface area contributed by atoms with E-state index in [9.17, 15) is 20.0 Å². The highest BCUT2D eigenvalue weighted by Crippen LogP contribution is 2.25. The van der Waals surface area contributed by atoms with E-state index in [1.165, 1.54) is 23.2 Å². The van der Waals surface area contributed by atoms with E-state index in [1.807, 2.05) is 0 Å². The summed E-state index contributed by atoms with van der Waals surface area (Å²) < 4.78 is 1.53. The summed E-state index contributed by atoms with van der Waals surface area (Å²) in [4.78, 5) is 27.0. The third-order valence-electron chi connectivity index (χ3n) is 4.52. The summed E-state index contributed by atoms with van der Waals surface area (Å²) in [5.41, 5.74) is 0.445. The van der Waals surface area contributed by atoms with Crippen LogP contribution in [-0.4, -0.2) is 38.1 Å². The Hall–Kier alpha value is -2.74. The molecule has 0 radical (unpaired) electrons. The average Bonchev–Trinajstić information content (AvgIpc) is 3.13. The van der Waals surface area contributed by atoms with Crippen molar-refractivity contribution >= 4 is 11.6 Å². The molecule has 2 unspecified atom stereocenters. The van der Waals surface area contributed by atoms with Crippen LogP contribution >= 0.6 is 0 Å². The van der Waals surface area contributed by atoms with Crippen molar-refractivity contribution in [1.29, 1.82) is 0 Å². The second-order valence-corrected chi connectivity index (χ2v) is 6.33. The predicted molar refractivity (Wildman–Crippen MR) is 90.5 cm³/mol. The molecule has 1 aromatic carbocycles. The summed E-state index contributed by atoms with van der Waals surface area (Å²) in [6, 6.07) is 4.38. The maximum Gasteiger partial charge on any atom is 0.294 e. The molecule has 0 saturated heterocycles. The third kappa shape index (κ3) is 4.03. The number of aliphatic hydroxyl groups excluding tert-OH is 1. The Morgan fingerprint density at radius 1 is 1.44 bits per heavy atom. The van der Waals surface area contributed by atoms with Crippen molar-refractivity contribution in [3.63, 3.8) is 0 Å². The number of hydrogen-bond acceptors (Lipinski definition) is 5. The number of carbonyl (C=O) groups excluding carboxylic acids is 1. The number of nitrogens with one attached hydrogen (secondary N) is 1. The van der Waals surface area contributed by atoms with Crippen molar-refractivity contribution < 1.29 is 14.8 Å². The lowest BCUT2D eigenvalue weighted by Crippen LogP contribution is -2.33. The molecule has 25 heavy (non-hydrogen) atoms. The number of amides is 1. The second kappa shape index (κ2) is 7.43. The van der Waals surface area contributed by atoms with Gasteiger partial charge < -0.3 is 15.0 Å². The van der Waals surface area contributed by atoms with E-state index in [0.717, 1.165) is 19.3 Å². The number of benzene rings is 1. The number of hydrogen-bond donors (Lipinski definition) is 2. The molecule has 1 aliphatic carbocycles. The molecule has 1 amide bonds. The van der Waals surface area contributed by atoms with Crippen molar-refractivity contribution in [2.45, 2.75) is 31.8 Å². The molecule has 132 valence electrons. The highest BCUT2D eigenvalue weighted by Gasteiger charge is 2.22. The van der Waals surface area contributed by atoms with Crippen molar-refractivity contribution in [3.8, 4) is 5.69 Å². The number of nitrogens with zero attached hydrogens (tertiary/aromatic N) is 3. The van der Waals surface area contributed by atoms with Crippen LogP contribution in [0.3, 0.4) is 0 Å². The lowest BCUT2D eigenvalue weighted by molar-refractivity contribution is -0.384. The molecule has 2 atom stereocenters. The molecule has 8 nitrogen and oxygen atoms in total. The molecule has 8 heteroatoms. The fourth-order valence-electron chi connectivity index (χ4n) is 3.22. The largest absolute Gasteiger partial charge is 0.393 e. The van der Waals surface area contributed by atoms with E-state index in [1.54, 1.807) is 18.3 Å². The minimum Gasteiger partial charge on any atom is -0.393 e. The number of imidazole rings is 1. The molecule has 2 N–H and O–H groups in total. The van der Waals surface area contributed by atoms with Crippen LogP contribution in [-0.2, 0) is 0 Å². The molecule has 3 rings (SSSR count). The monoisotopic (exact) mass is 344 g/mol. The normalized spacial score (nSPS) is 20.2. The van der Waals surface area contributed by atoms with Crippen LogP contribution in [0.5, 0.6) is 0 Å². The molecular weight excluding hydrogens is 324 g/mol. The first-order chi connectivity index (χ1) is 12.0. The molecule has 1 saturated carbocycles. The molecular formula is C17H20N4O4. The topological polar surface area (TPSA) is 110 Å². The van der Waals surface area contributed by atoms with Gasteiger partial charge in [0.2, 0.25) is 0 Å². The zero-order chi connectivity index (χ0) is 17.8. The van der Waals surface area contributed by atoms with E-state index in [4.69, 9.17) is 0 Å². The van der Waals surface area contributed by atoms with Gasteiger partial charge in [0.25, 0.3) is 11.6 Å². The van der Waals surface area contributed by atoms with Gasteiger partial charge in [-0.1, -0.05) is 6.42 Å². The van der Waals surface area contributed by atoms with Crippen LogP contribution in [0.4, 0.5) is 5.69 Å². The van der Waals surface area contributed by atoms with Gasteiger partial charge in [-0.2, -0.15) is 0 Å². The first-order valence-corrected chi connectivity index (χ1v) is 8.27. The smallest absolute Gasteiger partial charge is 0.294 e. The SMILES string of the molecule is O=C(NCC1CCCC(O)C1)c1ccc(-n2ccnc2)c([N+](=O)[O-])c1. The van der Waals surface area contributed by atoms with E-state index < -0.39 is 4.92 Å². The molecule has 1 aliphatic rings. The maximum atomic E-state index is 12.3. The summed E-state index contributed by atoms with van der Waals surface area (Å²) in [6.07, 6.45) is 7.72. The fourth-order valence-corrected chi connectivity index (χ4v) is 3.22. The zero-order valence-corrected chi connectivity index (χ0v) is 13.7. The van der Waals surface area contributed by atoms with E-state index >= 15 is 0 Å². The Morgan fingerprint density at radius 2 is 2.28 bits per heavy atom.